The summed E-state index contributed by atoms with van der Waals surface area (Å²) in [5.41, 5.74) is 1.13. The van der Waals surface area contributed by atoms with E-state index in [0.717, 1.165) is 0 Å². The fraction of sp³-hybridized carbons (Fsp3) is 0.205. The second kappa shape index (κ2) is 14.6. The number of aromatic nitrogens is 5. The molecule has 2 aliphatic heterocycles. The maximum atomic E-state index is 13.2. The molecule has 0 atom stereocenters. The van der Waals surface area contributed by atoms with Gasteiger partial charge in [0.15, 0.2) is 11.6 Å². The lowest BCUT2D eigenvalue weighted by molar-refractivity contribution is 0.0685. The van der Waals surface area contributed by atoms with E-state index in [1.807, 2.05) is 0 Å². The lowest BCUT2D eigenvalue weighted by Gasteiger charge is -2.25. The molecule has 0 spiro atoms. The summed E-state index contributed by atoms with van der Waals surface area (Å²) < 4.78 is 0. The van der Waals surface area contributed by atoms with Crippen molar-refractivity contribution in [2.24, 2.45) is 0 Å². The fourth-order valence-corrected chi connectivity index (χ4v) is 6.81. The lowest BCUT2D eigenvalue weighted by atomic mass is 10.0. The molecular weight excluding hydrogens is 726 g/mol. The molecule has 56 heavy (non-hydrogen) atoms. The summed E-state index contributed by atoms with van der Waals surface area (Å²) >= 11 is 0. The minimum atomic E-state index is -1.29. The summed E-state index contributed by atoms with van der Waals surface area (Å²) in [5, 5.41) is 40.5. The molecule has 0 aliphatic carbocycles. The fourth-order valence-electron chi connectivity index (χ4n) is 6.81. The molecule has 0 saturated heterocycles. The van der Waals surface area contributed by atoms with Crippen LogP contribution in [0.5, 0.6) is 0 Å². The monoisotopic (exact) mass is 757 g/mol. The van der Waals surface area contributed by atoms with E-state index in [1.54, 1.807) is 9.80 Å². The summed E-state index contributed by atoms with van der Waals surface area (Å²) in [7, 11) is 0. The average molecular weight is 758 g/mol. The number of pyridine rings is 5. The van der Waals surface area contributed by atoms with Crippen molar-refractivity contribution < 1.29 is 49.2 Å². The minimum Gasteiger partial charge on any atom is -0.478 e. The maximum Gasteiger partial charge on any atom is 0.335 e. The number of hydrogen-bond donors (Lipinski definition) is 4. The number of carboxylic acid groups (broad SMARTS) is 4. The minimum absolute atomic E-state index is 0.0578. The van der Waals surface area contributed by atoms with Crippen LogP contribution in [0, 0.1) is 0 Å². The van der Waals surface area contributed by atoms with Crippen molar-refractivity contribution in [2.45, 2.75) is 53.1 Å². The Morgan fingerprint density at radius 3 is 0.911 bits per heavy atom. The predicted octanol–water partition coefficient (Wildman–Crippen LogP) is 4.23. The normalized spacial score (nSPS) is 16.0. The zero-order chi connectivity index (χ0) is 40.0. The van der Waals surface area contributed by atoms with Crippen LogP contribution in [0.4, 0.5) is 0 Å². The highest BCUT2D eigenvalue weighted by Crippen LogP contribution is 2.28. The third kappa shape index (κ3) is 7.75. The van der Waals surface area contributed by atoms with Gasteiger partial charge in [0.05, 0.1) is 79.2 Å². The van der Waals surface area contributed by atoms with Crippen LogP contribution in [0.15, 0.2) is 54.6 Å². The lowest BCUT2D eigenvalue weighted by Crippen LogP contribution is -2.28. The molecule has 0 unspecified atom stereocenters. The molecule has 0 saturated carbocycles. The van der Waals surface area contributed by atoms with Crippen LogP contribution < -0.4 is 0 Å². The molecule has 2 aliphatic rings. The standard InChI is InChI=1S/C39H31N7O10/c1-18(47)28-11-29(19(2)48)35-17-46-14-26-5-22(38(53)54)9-32(42-26)30-7-20(36(49)50)3-24(40-30)12-45(16-34(28)44-35)13-25-4-21(37(51)52)8-31(41-25)33-10-23(39(55)56)6-27(15-46)43-33/h3-11H,12-17H2,1-2H3,(H,49,50)(H,51,52)(H,53,54)(H,55,56). The highest BCUT2D eigenvalue weighted by atomic mass is 16.4. The first-order valence-corrected chi connectivity index (χ1v) is 17.1. The van der Waals surface area contributed by atoms with Crippen molar-refractivity contribution in [3.8, 4) is 22.8 Å². The van der Waals surface area contributed by atoms with Gasteiger partial charge in [-0.05, 0) is 68.4 Å². The first kappa shape index (κ1) is 37.2. The van der Waals surface area contributed by atoms with Gasteiger partial charge in [0, 0.05) is 50.4 Å². The van der Waals surface area contributed by atoms with Crippen molar-refractivity contribution in [1.29, 1.82) is 0 Å². The topological polar surface area (TPSA) is 254 Å². The second-order valence-corrected chi connectivity index (χ2v) is 13.5. The maximum absolute atomic E-state index is 13.2. The van der Waals surface area contributed by atoms with E-state index in [-0.39, 0.29) is 130 Å². The van der Waals surface area contributed by atoms with E-state index in [0.29, 0.717) is 0 Å². The number of carbonyl (C=O) groups is 6. The van der Waals surface area contributed by atoms with Gasteiger partial charge >= 0.3 is 23.9 Å². The molecule has 5 aromatic rings. The van der Waals surface area contributed by atoms with Crippen molar-refractivity contribution in [2.75, 3.05) is 0 Å². The zero-order valence-corrected chi connectivity index (χ0v) is 29.8. The smallest absolute Gasteiger partial charge is 0.335 e. The number of Topliss-reactive ketones (excluding diaryl/α,β-unsaturated/α-hetero) is 2. The van der Waals surface area contributed by atoms with Crippen molar-refractivity contribution >= 4 is 35.4 Å². The van der Waals surface area contributed by atoms with E-state index in [1.165, 1.54) is 68.4 Å². The van der Waals surface area contributed by atoms with Gasteiger partial charge in [0.2, 0.25) is 0 Å². The largest absolute Gasteiger partial charge is 0.478 e. The van der Waals surface area contributed by atoms with Crippen LogP contribution in [0.1, 0.15) is 110 Å². The van der Waals surface area contributed by atoms with Crippen LogP contribution in [0.3, 0.4) is 0 Å². The molecule has 282 valence electrons. The third-order valence-electron chi connectivity index (χ3n) is 9.25. The molecule has 0 radical (unpaired) electrons. The molecule has 0 amide bonds. The van der Waals surface area contributed by atoms with Crippen LogP contribution in [-0.2, 0) is 39.3 Å². The quantitative estimate of drug-likeness (QED) is 0.177. The molecule has 0 fully saturated rings. The van der Waals surface area contributed by atoms with Gasteiger partial charge in [-0.15, -0.1) is 0 Å². The highest BCUT2D eigenvalue weighted by molar-refractivity contribution is 6.01. The van der Waals surface area contributed by atoms with Gasteiger partial charge in [-0.2, -0.15) is 0 Å². The Hall–Kier alpha value is -7.11. The Kier molecular flexibility index (Phi) is 9.71. The summed E-state index contributed by atoms with van der Waals surface area (Å²) in [4.78, 5) is 103. The predicted molar refractivity (Wildman–Crippen MR) is 193 cm³/mol. The third-order valence-corrected chi connectivity index (χ3v) is 9.25. The van der Waals surface area contributed by atoms with Gasteiger partial charge in [-0.1, -0.05) is 0 Å². The average Bonchev–Trinajstić information content (AvgIpc) is 3.13. The van der Waals surface area contributed by atoms with Gasteiger partial charge in [0.25, 0.3) is 0 Å². The van der Waals surface area contributed by atoms with Crippen molar-refractivity contribution in [3.63, 3.8) is 0 Å². The Balaban J connectivity index is 1.58. The molecule has 7 rings (SSSR count). The number of ketones is 2. The van der Waals surface area contributed by atoms with Gasteiger partial charge in [0.1, 0.15) is 0 Å². The Morgan fingerprint density at radius 2 is 0.679 bits per heavy atom. The van der Waals surface area contributed by atoms with Gasteiger partial charge < -0.3 is 20.4 Å². The first-order valence-electron chi connectivity index (χ1n) is 17.1. The number of fused-ring (bicyclic) bond motifs is 12. The zero-order valence-electron chi connectivity index (χ0n) is 29.8. The molecular formula is C39H31N7O10. The number of nitrogens with zero attached hydrogens (tertiary/aromatic N) is 7. The first-order chi connectivity index (χ1) is 26.6. The summed E-state index contributed by atoms with van der Waals surface area (Å²) in [6, 6.07) is 11.9. The number of aromatic carboxylic acids is 4. The molecule has 0 aromatic carbocycles. The van der Waals surface area contributed by atoms with Crippen LogP contribution in [0.2, 0.25) is 0 Å². The van der Waals surface area contributed by atoms with E-state index in [9.17, 15) is 49.2 Å². The number of hydrogen-bond acceptors (Lipinski definition) is 13. The van der Waals surface area contributed by atoms with Crippen LogP contribution in [-0.4, -0.2) is 90.6 Å². The van der Waals surface area contributed by atoms with Crippen LogP contribution in [0.25, 0.3) is 22.8 Å². The van der Waals surface area contributed by atoms with Gasteiger partial charge in [-0.3, -0.25) is 24.4 Å². The van der Waals surface area contributed by atoms with Crippen molar-refractivity contribution in [1.82, 2.24) is 34.7 Å². The van der Waals surface area contributed by atoms with Crippen molar-refractivity contribution in [3.05, 3.63) is 122 Å². The summed E-state index contributed by atoms with van der Waals surface area (Å²) in [6.07, 6.45) is 0. The van der Waals surface area contributed by atoms with E-state index in [2.05, 4.69) is 0 Å². The SMILES string of the molecule is CC(=O)c1cc(C(C)=O)c2nc1CN1Cc3cc(C(=O)O)cc(n3)-c3cc(C(=O)O)cc(n3)CN(Cc3cc(C(=O)O)cc(n3)-c3cc(C(=O)O)cc(n3)C1)C2. The second-order valence-electron chi connectivity index (χ2n) is 13.5. The molecule has 4 N–H and O–H groups in total. The van der Waals surface area contributed by atoms with E-state index < -0.39 is 35.4 Å². The molecule has 5 aromatic heterocycles. The van der Waals surface area contributed by atoms with Gasteiger partial charge in [-0.25, -0.2) is 39.1 Å². The summed E-state index contributed by atoms with van der Waals surface area (Å²) in [6.45, 7) is 1.98. The highest BCUT2D eigenvalue weighted by Gasteiger charge is 2.26. The Morgan fingerprint density at radius 1 is 0.411 bits per heavy atom. The molecule has 17 heteroatoms. The van der Waals surface area contributed by atoms with E-state index >= 15 is 0 Å². The Bertz CT molecular complexity index is 2250. The molecule has 7 heterocycles. The van der Waals surface area contributed by atoms with Crippen LogP contribution >= 0.6 is 0 Å². The number of carbonyl (C=O) groups excluding carboxylic acids is 2. The molecule has 12 bridgehead atoms. The Labute approximate surface area is 317 Å². The summed E-state index contributed by atoms with van der Waals surface area (Å²) in [5.74, 6) is -5.94. The van der Waals surface area contributed by atoms with E-state index in [4.69, 9.17) is 24.9 Å². The molecule has 17 nitrogen and oxygen atoms in total. The number of carboxylic acids is 4. The number of rotatable bonds is 6.